The van der Waals surface area contributed by atoms with Gasteiger partial charge in [0.05, 0.1) is 6.21 Å². The number of hydrogen-bond acceptors (Lipinski definition) is 4. The first kappa shape index (κ1) is 19.1. The van der Waals surface area contributed by atoms with Crippen LogP contribution in [0.2, 0.25) is 0 Å². The first-order chi connectivity index (χ1) is 13.6. The number of nitrogens with one attached hydrogen (secondary N) is 1. The van der Waals surface area contributed by atoms with Crippen molar-refractivity contribution in [3.05, 3.63) is 100.0 Å². The minimum atomic E-state index is -0.373. The van der Waals surface area contributed by atoms with Crippen molar-refractivity contribution >= 4 is 12.1 Å². The van der Waals surface area contributed by atoms with Crippen LogP contribution in [0.3, 0.4) is 0 Å². The van der Waals surface area contributed by atoms with Crippen LogP contribution >= 0.6 is 0 Å². The number of ether oxygens (including phenoxy) is 1. The number of nitrogens with zero attached hydrogens (tertiary/aromatic N) is 2. The molecule has 3 aromatic rings. The van der Waals surface area contributed by atoms with Crippen molar-refractivity contribution < 1.29 is 9.53 Å². The zero-order valence-electron chi connectivity index (χ0n) is 15.5. The van der Waals surface area contributed by atoms with Crippen LogP contribution in [-0.4, -0.2) is 16.7 Å². The second kappa shape index (κ2) is 9.32. The van der Waals surface area contributed by atoms with E-state index in [-0.39, 0.29) is 18.0 Å². The van der Waals surface area contributed by atoms with Crippen molar-refractivity contribution in [3.8, 4) is 5.75 Å². The summed E-state index contributed by atoms with van der Waals surface area (Å²) in [5.74, 6) is 0.382. The molecule has 3 rings (SSSR count). The third-order valence-corrected chi connectivity index (χ3v) is 4.02. The highest BCUT2D eigenvalue weighted by Crippen LogP contribution is 2.14. The summed E-state index contributed by atoms with van der Waals surface area (Å²) >= 11 is 0. The smallest absolute Gasteiger partial charge is 0.260 e. The second-order valence-corrected chi connectivity index (χ2v) is 6.30. The molecule has 0 spiro atoms. The maximum Gasteiger partial charge on any atom is 0.260 e. The average Bonchev–Trinajstić information content (AvgIpc) is 2.70. The molecule has 1 amide bonds. The number of rotatable bonds is 7. The van der Waals surface area contributed by atoms with E-state index in [2.05, 4.69) is 29.6 Å². The molecule has 28 heavy (non-hydrogen) atoms. The minimum Gasteiger partial charge on any atom is -0.489 e. The summed E-state index contributed by atoms with van der Waals surface area (Å²) in [7, 11) is 0. The molecule has 0 fully saturated rings. The number of hydrazone groups is 1. The van der Waals surface area contributed by atoms with Crippen LogP contribution in [0.5, 0.6) is 5.75 Å². The van der Waals surface area contributed by atoms with E-state index in [0.29, 0.717) is 6.61 Å². The maximum atomic E-state index is 11.8. The Morgan fingerprint density at radius 1 is 1.07 bits per heavy atom. The molecular formula is C22H21N3O3. The molecule has 0 radical (unpaired) electrons. The van der Waals surface area contributed by atoms with E-state index in [1.807, 2.05) is 36.4 Å². The highest BCUT2D eigenvalue weighted by molar-refractivity contribution is 5.82. The summed E-state index contributed by atoms with van der Waals surface area (Å²) in [6.07, 6.45) is 3.09. The van der Waals surface area contributed by atoms with Crippen LogP contribution in [0.4, 0.5) is 0 Å². The molecule has 0 unspecified atom stereocenters. The molecule has 0 bridgehead atoms. The van der Waals surface area contributed by atoms with Gasteiger partial charge in [0.2, 0.25) is 0 Å². The van der Waals surface area contributed by atoms with Gasteiger partial charge < -0.3 is 9.30 Å². The van der Waals surface area contributed by atoms with Crippen LogP contribution in [0.15, 0.2) is 82.8 Å². The lowest BCUT2D eigenvalue weighted by Crippen LogP contribution is -2.28. The summed E-state index contributed by atoms with van der Waals surface area (Å²) in [6.45, 7) is 2.47. The number of carbonyl (C=O) groups is 1. The van der Waals surface area contributed by atoms with Gasteiger partial charge in [-0.05, 0) is 48.4 Å². The molecule has 0 saturated heterocycles. The van der Waals surface area contributed by atoms with Gasteiger partial charge >= 0.3 is 0 Å². The molecule has 1 aromatic heterocycles. The zero-order valence-corrected chi connectivity index (χ0v) is 15.5. The minimum absolute atomic E-state index is 0.0806. The molecule has 0 saturated carbocycles. The van der Waals surface area contributed by atoms with Gasteiger partial charge in [0.15, 0.2) is 0 Å². The highest BCUT2D eigenvalue weighted by Gasteiger charge is 2.02. The number of pyridine rings is 1. The topological polar surface area (TPSA) is 72.7 Å². The van der Waals surface area contributed by atoms with Gasteiger partial charge in [0.1, 0.15) is 18.9 Å². The van der Waals surface area contributed by atoms with E-state index in [1.54, 1.807) is 18.3 Å². The van der Waals surface area contributed by atoms with Crippen molar-refractivity contribution in [2.75, 3.05) is 0 Å². The van der Waals surface area contributed by atoms with Crippen LogP contribution < -0.4 is 15.7 Å². The van der Waals surface area contributed by atoms with Gasteiger partial charge in [0.25, 0.3) is 11.5 Å². The van der Waals surface area contributed by atoms with Crippen molar-refractivity contribution in [2.24, 2.45) is 5.10 Å². The number of amides is 1. The van der Waals surface area contributed by atoms with Gasteiger partial charge in [-0.15, -0.1) is 0 Å². The summed E-state index contributed by atoms with van der Waals surface area (Å²) in [5.41, 5.74) is 5.32. The highest BCUT2D eigenvalue weighted by atomic mass is 16.5. The average molecular weight is 375 g/mol. The Kier molecular flexibility index (Phi) is 6.36. The lowest BCUT2D eigenvalue weighted by molar-refractivity contribution is -0.121. The molecule has 142 valence electrons. The summed E-state index contributed by atoms with van der Waals surface area (Å²) < 4.78 is 7.07. The van der Waals surface area contributed by atoms with E-state index in [1.165, 1.54) is 22.4 Å². The van der Waals surface area contributed by atoms with Crippen LogP contribution in [-0.2, 0) is 17.9 Å². The first-order valence-corrected chi connectivity index (χ1v) is 8.86. The van der Waals surface area contributed by atoms with Crippen molar-refractivity contribution in [3.63, 3.8) is 0 Å². The Morgan fingerprint density at radius 3 is 2.54 bits per heavy atom. The molecular weight excluding hydrogens is 354 g/mol. The van der Waals surface area contributed by atoms with Gasteiger partial charge in [-0.25, -0.2) is 5.43 Å². The standard InChI is InChI=1S/C22H21N3O3/c1-17-5-7-19(8-6-17)16-28-20-11-9-18(10-12-20)14-23-24-21(26)15-25-13-3-2-4-22(25)27/h2-14H,15-16H2,1H3,(H,24,26)/b23-14-. The predicted molar refractivity (Wildman–Crippen MR) is 108 cm³/mol. The molecule has 1 N–H and O–H groups in total. The van der Waals surface area contributed by atoms with Gasteiger partial charge in [-0.2, -0.15) is 5.10 Å². The fourth-order valence-corrected chi connectivity index (χ4v) is 2.46. The van der Waals surface area contributed by atoms with Gasteiger partial charge in [0, 0.05) is 12.3 Å². The normalized spacial score (nSPS) is 10.8. The van der Waals surface area contributed by atoms with E-state index in [9.17, 15) is 9.59 Å². The zero-order chi connectivity index (χ0) is 19.8. The molecule has 0 aliphatic heterocycles. The monoisotopic (exact) mass is 375 g/mol. The molecule has 0 aliphatic rings. The second-order valence-electron chi connectivity index (χ2n) is 6.30. The van der Waals surface area contributed by atoms with Crippen molar-refractivity contribution in [1.82, 2.24) is 9.99 Å². The van der Waals surface area contributed by atoms with Crippen LogP contribution in [0, 0.1) is 6.92 Å². The molecule has 2 aromatic carbocycles. The predicted octanol–water partition coefficient (Wildman–Crippen LogP) is 2.89. The van der Waals surface area contributed by atoms with Gasteiger partial charge in [-0.3, -0.25) is 9.59 Å². The summed E-state index contributed by atoms with van der Waals surface area (Å²) in [6, 6.07) is 20.3. The SMILES string of the molecule is Cc1ccc(COc2ccc(/C=N\NC(=O)Cn3ccccc3=O)cc2)cc1. The Morgan fingerprint density at radius 2 is 1.82 bits per heavy atom. The number of aryl methyl sites for hydroxylation is 1. The maximum absolute atomic E-state index is 11.8. The number of aromatic nitrogens is 1. The lowest BCUT2D eigenvalue weighted by Gasteiger charge is -2.07. The quantitative estimate of drug-likeness (QED) is 0.510. The van der Waals surface area contributed by atoms with Gasteiger partial charge in [-0.1, -0.05) is 35.9 Å². The van der Waals surface area contributed by atoms with Crippen molar-refractivity contribution in [1.29, 1.82) is 0 Å². The van der Waals surface area contributed by atoms with E-state index in [0.717, 1.165) is 16.9 Å². The van der Waals surface area contributed by atoms with E-state index < -0.39 is 0 Å². The van der Waals surface area contributed by atoms with Crippen LogP contribution in [0.1, 0.15) is 16.7 Å². The molecule has 0 atom stereocenters. The Bertz CT molecular complexity index is 1010. The molecule has 0 aliphatic carbocycles. The third-order valence-electron chi connectivity index (χ3n) is 4.02. The van der Waals surface area contributed by atoms with Crippen LogP contribution in [0.25, 0.3) is 0 Å². The molecule has 6 nitrogen and oxygen atoms in total. The van der Waals surface area contributed by atoms with Crippen molar-refractivity contribution in [2.45, 2.75) is 20.1 Å². The summed E-state index contributed by atoms with van der Waals surface area (Å²) in [4.78, 5) is 23.4. The van der Waals surface area contributed by atoms with E-state index in [4.69, 9.17) is 4.74 Å². The molecule has 1 heterocycles. The lowest BCUT2D eigenvalue weighted by atomic mass is 10.2. The fourth-order valence-electron chi connectivity index (χ4n) is 2.46. The first-order valence-electron chi connectivity index (χ1n) is 8.86. The third kappa shape index (κ3) is 5.67. The van der Waals surface area contributed by atoms with E-state index >= 15 is 0 Å². The number of benzene rings is 2. The largest absolute Gasteiger partial charge is 0.489 e. The Balaban J connectivity index is 1.48. The summed E-state index contributed by atoms with van der Waals surface area (Å²) in [5, 5.41) is 3.92. The fraction of sp³-hybridized carbons (Fsp3) is 0.136. The Hall–Kier alpha value is -3.67. The Labute approximate surface area is 163 Å². The number of hydrogen-bond donors (Lipinski definition) is 1. The number of carbonyl (C=O) groups excluding carboxylic acids is 1. The molecule has 6 heteroatoms.